The molecule has 0 bridgehead atoms. The monoisotopic (exact) mass is 527 g/mol. The van der Waals surface area contributed by atoms with Crippen molar-refractivity contribution >= 4 is 11.0 Å². The van der Waals surface area contributed by atoms with Gasteiger partial charge in [0.2, 0.25) is 0 Å². The Morgan fingerprint density at radius 1 is 1.11 bits per heavy atom. The van der Waals surface area contributed by atoms with Crippen molar-refractivity contribution < 1.29 is 27.0 Å². The Morgan fingerprint density at radius 2 is 1.95 bits per heavy atom. The van der Waals surface area contributed by atoms with Gasteiger partial charge >= 0.3 is 6.61 Å². The number of aromatic nitrogens is 5. The maximum atomic E-state index is 14.9. The normalized spacial score (nSPS) is 19.9. The van der Waals surface area contributed by atoms with E-state index in [-0.39, 0.29) is 34.5 Å². The quantitative estimate of drug-likeness (QED) is 0.267. The Bertz CT molecular complexity index is 1490. The Labute approximate surface area is 215 Å². The van der Waals surface area contributed by atoms with Gasteiger partial charge in [-0.25, -0.2) is 23.7 Å². The van der Waals surface area contributed by atoms with Gasteiger partial charge in [-0.15, -0.1) is 0 Å². The highest BCUT2D eigenvalue weighted by Gasteiger charge is 2.30. The molecule has 1 aliphatic carbocycles. The van der Waals surface area contributed by atoms with Crippen molar-refractivity contribution in [1.82, 2.24) is 24.7 Å². The highest BCUT2D eigenvalue weighted by Crippen LogP contribution is 2.40. The first-order valence-electron chi connectivity index (χ1n) is 12.5. The molecule has 7 nitrogen and oxygen atoms in total. The first kappa shape index (κ1) is 24.9. The number of halogens is 4. The summed E-state index contributed by atoms with van der Waals surface area (Å²) in [5, 5.41) is 4.48. The number of hydrogen-bond acceptors (Lipinski definition) is 6. The smallest absolute Gasteiger partial charge is 0.345 e. The predicted molar refractivity (Wildman–Crippen MR) is 129 cm³/mol. The summed E-state index contributed by atoms with van der Waals surface area (Å²) < 4.78 is 66.5. The summed E-state index contributed by atoms with van der Waals surface area (Å²) in [6.45, 7) is -1.27. The maximum absolute atomic E-state index is 14.9. The molecule has 198 valence electrons. The molecule has 0 radical (unpaired) electrons. The van der Waals surface area contributed by atoms with Crippen molar-refractivity contribution in [3.63, 3.8) is 0 Å². The van der Waals surface area contributed by atoms with Crippen LogP contribution in [-0.2, 0) is 16.1 Å². The molecule has 11 heteroatoms. The molecule has 38 heavy (non-hydrogen) atoms. The zero-order chi connectivity index (χ0) is 26.4. The van der Waals surface area contributed by atoms with Crippen molar-refractivity contribution in [3.8, 4) is 11.3 Å². The fourth-order valence-electron chi connectivity index (χ4n) is 4.91. The van der Waals surface area contributed by atoms with Crippen LogP contribution in [0.5, 0.6) is 0 Å². The molecule has 0 amide bonds. The van der Waals surface area contributed by atoms with Crippen LogP contribution >= 0.6 is 0 Å². The SMILES string of the molecule is Cc1nc2cc([C@H]3CCO[C@@H](c4cnn(C5CC5)c4)C3)nc(-c3ccc(F)cc3F)c2nc1COC(F)F. The Kier molecular flexibility index (Phi) is 6.56. The van der Waals surface area contributed by atoms with Crippen LogP contribution in [0.1, 0.15) is 66.4 Å². The number of ether oxygens (including phenoxy) is 2. The number of benzene rings is 1. The highest BCUT2D eigenvalue weighted by molar-refractivity contribution is 5.89. The average Bonchev–Trinajstić information content (AvgIpc) is 3.63. The summed E-state index contributed by atoms with van der Waals surface area (Å²) in [6, 6.07) is 5.49. The summed E-state index contributed by atoms with van der Waals surface area (Å²) >= 11 is 0. The lowest BCUT2D eigenvalue weighted by molar-refractivity contribution is -0.138. The average molecular weight is 528 g/mol. The first-order valence-corrected chi connectivity index (χ1v) is 12.5. The van der Waals surface area contributed by atoms with Crippen molar-refractivity contribution in [1.29, 1.82) is 0 Å². The number of nitrogens with zero attached hydrogens (tertiary/aromatic N) is 5. The van der Waals surface area contributed by atoms with E-state index in [2.05, 4.69) is 19.8 Å². The van der Waals surface area contributed by atoms with E-state index in [0.29, 0.717) is 42.4 Å². The van der Waals surface area contributed by atoms with Gasteiger partial charge in [0.25, 0.3) is 0 Å². The molecule has 1 aliphatic heterocycles. The van der Waals surface area contributed by atoms with E-state index < -0.39 is 24.9 Å². The molecule has 0 unspecified atom stereocenters. The minimum Gasteiger partial charge on any atom is -0.373 e. The summed E-state index contributed by atoms with van der Waals surface area (Å²) in [4.78, 5) is 13.9. The second-order valence-electron chi connectivity index (χ2n) is 9.78. The third-order valence-electron chi connectivity index (χ3n) is 7.09. The molecule has 1 aromatic carbocycles. The van der Waals surface area contributed by atoms with E-state index in [0.717, 1.165) is 30.5 Å². The molecular formula is C27H25F4N5O2. The van der Waals surface area contributed by atoms with Gasteiger partial charge in [0.15, 0.2) is 0 Å². The molecule has 2 aliphatic rings. The van der Waals surface area contributed by atoms with E-state index in [9.17, 15) is 17.6 Å². The first-order chi connectivity index (χ1) is 18.4. The fraction of sp³-hybridized carbons (Fsp3) is 0.407. The summed E-state index contributed by atoms with van der Waals surface area (Å²) in [7, 11) is 0. The van der Waals surface area contributed by atoms with Gasteiger partial charge in [0.05, 0.1) is 41.9 Å². The van der Waals surface area contributed by atoms with Gasteiger partial charge in [-0.2, -0.15) is 13.9 Å². The van der Waals surface area contributed by atoms with Crippen LogP contribution in [0.25, 0.3) is 22.3 Å². The Hall–Kier alpha value is -3.44. The van der Waals surface area contributed by atoms with Crippen LogP contribution < -0.4 is 0 Å². The molecule has 4 aromatic rings. The zero-order valence-electron chi connectivity index (χ0n) is 20.6. The number of alkyl halides is 2. The lowest BCUT2D eigenvalue weighted by Gasteiger charge is -2.29. The highest BCUT2D eigenvalue weighted by atomic mass is 19.3. The third kappa shape index (κ3) is 5.00. The van der Waals surface area contributed by atoms with Gasteiger partial charge in [-0.1, -0.05) is 0 Å². The van der Waals surface area contributed by atoms with E-state index in [1.165, 1.54) is 6.07 Å². The zero-order valence-corrected chi connectivity index (χ0v) is 20.6. The van der Waals surface area contributed by atoms with Gasteiger partial charge in [0.1, 0.15) is 22.8 Å². The van der Waals surface area contributed by atoms with Crippen molar-refractivity contribution in [2.45, 2.75) is 63.9 Å². The second-order valence-corrected chi connectivity index (χ2v) is 9.78. The molecule has 2 fully saturated rings. The molecule has 3 aromatic heterocycles. The third-order valence-corrected chi connectivity index (χ3v) is 7.09. The Morgan fingerprint density at radius 3 is 2.71 bits per heavy atom. The van der Waals surface area contributed by atoms with E-state index in [1.807, 2.05) is 17.1 Å². The molecule has 1 saturated heterocycles. The van der Waals surface area contributed by atoms with E-state index >= 15 is 0 Å². The topological polar surface area (TPSA) is 75.0 Å². The van der Waals surface area contributed by atoms with Crippen LogP contribution in [0.3, 0.4) is 0 Å². The number of aryl methyl sites for hydroxylation is 1. The Balaban J connectivity index is 1.40. The minimum absolute atomic E-state index is 0.0198. The van der Waals surface area contributed by atoms with Gasteiger partial charge in [-0.3, -0.25) is 4.68 Å². The predicted octanol–water partition coefficient (Wildman–Crippen LogP) is 6.18. The molecule has 4 heterocycles. The lowest BCUT2D eigenvalue weighted by atomic mass is 9.89. The largest absolute Gasteiger partial charge is 0.373 e. The van der Waals surface area contributed by atoms with Gasteiger partial charge in [0, 0.05) is 41.6 Å². The summed E-state index contributed by atoms with van der Waals surface area (Å²) in [5.74, 6) is -1.55. The van der Waals surface area contributed by atoms with E-state index in [1.54, 1.807) is 13.0 Å². The number of pyridine rings is 1. The van der Waals surface area contributed by atoms with Crippen molar-refractivity contribution in [3.05, 3.63) is 70.9 Å². The van der Waals surface area contributed by atoms with Crippen LogP contribution in [0.4, 0.5) is 17.6 Å². The minimum atomic E-state index is -2.97. The molecule has 6 rings (SSSR count). The molecule has 0 spiro atoms. The van der Waals surface area contributed by atoms with E-state index in [4.69, 9.17) is 9.72 Å². The van der Waals surface area contributed by atoms with Crippen LogP contribution in [0, 0.1) is 18.6 Å². The lowest BCUT2D eigenvalue weighted by Crippen LogP contribution is -2.19. The number of hydrogen-bond donors (Lipinski definition) is 0. The van der Waals surface area contributed by atoms with Crippen molar-refractivity contribution in [2.75, 3.05) is 6.61 Å². The maximum Gasteiger partial charge on any atom is 0.345 e. The van der Waals surface area contributed by atoms with Gasteiger partial charge in [-0.05, 0) is 50.8 Å². The molecular weight excluding hydrogens is 502 g/mol. The standard InChI is InChI=1S/C27H25F4N5O2/c1-14-23(13-38-27(30)31)35-26-22(33-14)10-21(34-25(26)19-5-2-17(28)9-20(19)29)15-6-7-37-24(8-15)16-11-32-36(12-16)18-3-4-18/h2,5,9-12,15,18,24,27H,3-4,6-8,13H2,1H3/t15-,24+/m0/s1. The number of rotatable bonds is 7. The second kappa shape index (κ2) is 10.0. The van der Waals surface area contributed by atoms with Crippen LogP contribution in [0.2, 0.25) is 0 Å². The summed E-state index contributed by atoms with van der Waals surface area (Å²) in [6.07, 6.45) is 7.33. The fourth-order valence-corrected chi connectivity index (χ4v) is 4.91. The molecule has 0 N–H and O–H groups in total. The van der Waals surface area contributed by atoms with Crippen LogP contribution in [0.15, 0.2) is 36.7 Å². The van der Waals surface area contributed by atoms with Crippen molar-refractivity contribution in [2.24, 2.45) is 0 Å². The molecule has 2 atom stereocenters. The van der Waals surface area contributed by atoms with Crippen LogP contribution in [-0.4, -0.2) is 38.0 Å². The number of fused-ring (bicyclic) bond motifs is 1. The summed E-state index contributed by atoms with van der Waals surface area (Å²) in [5.41, 5.74) is 3.18. The molecule has 1 saturated carbocycles. The van der Waals surface area contributed by atoms with Gasteiger partial charge < -0.3 is 9.47 Å².